The molecule has 0 fully saturated rings. The Balaban J connectivity index is 1.89. The van der Waals surface area contributed by atoms with Crippen LogP contribution in [0, 0.1) is 6.92 Å². The molecule has 1 amide bonds. The molecule has 3 rings (SSSR count). The van der Waals surface area contributed by atoms with Crippen molar-refractivity contribution in [3.63, 3.8) is 0 Å². The molecule has 0 radical (unpaired) electrons. The summed E-state index contributed by atoms with van der Waals surface area (Å²) in [6, 6.07) is 7.73. The Labute approximate surface area is 156 Å². The molecule has 2 heterocycles. The van der Waals surface area contributed by atoms with Crippen LogP contribution in [0.2, 0.25) is 0 Å². The molecule has 2 aromatic heterocycles. The molecule has 1 atom stereocenters. The molecule has 0 bridgehead atoms. The van der Waals surface area contributed by atoms with Crippen LogP contribution in [0.1, 0.15) is 30.5 Å². The van der Waals surface area contributed by atoms with Crippen LogP contribution in [0.25, 0.3) is 11.2 Å². The van der Waals surface area contributed by atoms with Crippen molar-refractivity contribution in [3.05, 3.63) is 62.6 Å². The summed E-state index contributed by atoms with van der Waals surface area (Å²) in [6.07, 6.45) is 2.17. The number of nitrogens with zero attached hydrogens (tertiary/aromatic N) is 4. The lowest BCUT2D eigenvalue weighted by Crippen LogP contribution is -2.44. The molecule has 0 aliphatic carbocycles. The van der Waals surface area contributed by atoms with Gasteiger partial charge >= 0.3 is 5.69 Å². The van der Waals surface area contributed by atoms with Gasteiger partial charge in [0.2, 0.25) is 5.91 Å². The quantitative estimate of drug-likeness (QED) is 0.727. The largest absolute Gasteiger partial charge is 0.348 e. The van der Waals surface area contributed by atoms with E-state index in [9.17, 15) is 14.4 Å². The van der Waals surface area contributed by atoms with Gasteiger partial charge in [-0.1, -0.05) is 36.8 Å². The van der Waals surface area contributed by atoms with Crippen molar-refractivity contribution < 1.29 is 4.79 Å². The Morgan fingerprint density at radius 1 is 1.19 bits per heavy atom. The van der Waals surface area contributed by atoms with Crippen LogP contribution in [-0.2, 0) is 25.4 Å². The molecule has 8 nitrogen and oxygen atoms in total. The number of imidazole rings is 1. The van der Waals surface area contributed by atoms with Crippen molar-refractivity contribution in [2.45, 2.75) is 32.9 Å². The number of nitrogens with one attached hydrogen (secondary N) is 1. The number of hydrogen-bond acceptors (Lipinski definition) is 4. The van der Waals surface area contributed by atoms with Crippen LogP contribution in [0.3, 0.4) is 0 Å². The minimum atomic E-state index is -0.565. The molecule has 142 valence electrons. The summed E-state index contributed by atoms with van der Waals surface area (Å²) in [6.45, 7) is 3.63. The monoisotopic (exact) mass is 369 g/mol. The van der Waals surface area contributed by atoms with E-state index in [1.165, 1.54) is 17.9 Å². The standard InChI is InChI=1S/C19H23N5O3/c1-5-14(13-8-6-12(2)7-9-13)21-15(25)10-24-18(26)16-17(20-11-22(16)3)23(4)19(24)27/h6-9,11,14H,5,10H2,1-4H3,(H,21,25)/t14-/m1/s1. The molecule has 1 N–H and O–H groups in total. The lowest BCUT2D eigenvalue weighted by molar-refractivity contribution is -0.122. The smallest absolute Gasteiger partial charge is 0.332 e. The van der Waals surface area contributed by atoms with E-state index in [2.05, 4.69) is 10.3 Å². The molecule has 0 aliphatic heterocycles. The maximum absolute atomic E-state index is 12.7. The van der Waals surface area contributed by atoms with E-state index in [0.29, 0.717) is 12.1 Å². The molecule has 0 aliphatic rings. The van der Waals surface area contributed by atoms with Gasteiger partial charge in [-0.3, -0.25) is 14.2 Å². The van der Waals surface area contributed by atoms with Gasteiger partial charge in [0, 0.05) is 14.1 Å². The first kappa shape index (κ1) is 18.6. The molecule has 0 saturated heterocycles. The summed E-state index contributed by atoms with van der Waals surface area (Å²) in [4.78, 5) is 41.8. The third kappa shape index (κ3) is 3.42. The Morgan fingerprint density at radius 3 is 2.48 bits per heavy atom. The second-order valence-corrected chi connectivity index (χ2v) is 6.70. The Morgan fingerprint density at radius 2 is 1.85 bits per heavy atom. The van der Waals surface area contributed by atoms with E-state index < -0.39 is 11.2 Å². The topological polar surface area (TPSA) is 90.9 Å². The van der Waals surface area contributed by atoms with Gasteiger partial charge in [0.1, 0.15) is 6.54 Å². The third-order valence-corrected chi connectivity index (χ3v) is 4.73. The van der Waals surface area contributed by atoms with E-state index in [-0.39, 0.29) is 24.0 Å². The van der Waals surface area contributed by atoms with Crippen LogP contribution in [0.5, 0.6) is 0 Å². The normalized spacial score (nSPS) is 12.3. The summed E-state index contributed by atoms with van der Waals surface area (Å²) < 4.78 is 3.77. The van der Waals surface area contributed by atoms with Crippen LogP contribution < -0.4 is 16.6 Å². The summed E-state index contributed by atoms with van der Waals surface area (Å²) >= 11 is 0. The third-order valence-electron chi connectivity index (χ3n) is 4.73. The highest BCUT2D eigenvalue weighted by Crippen LogP contribution is 2.17. The van der Waals surface area contributed by atoms with Gasteiger partial charge in [-0.05, 0) is 18.9 Å². The number of carbonyl (C=O) groups excluding carboxylic acids is 1. The van der Waals surface area contributed by atoms with Crippen molar-refractivity contribution >= 4 is 17.1 Å². The van der Waals surface area contributed by atoms with Gasteiger partial charge < -0.3 is 9.88 Å². The van der Waals surface area contributed by atoms with Crippen LogP contribution in [0.15, 0.2) is 40.2 Å². The molecule has 3 aromatic rings. The lowest BCUT2D eigenvalue weighted by atomic mass is 10.0. The Bertz CT molecular complexity index is 1110. The van der Waals surface area contributed by atoms with Crippen LogP contribution >= 0.6 is 0 Å². The van der Waals surface area contributed by atoms with Gasteiger partial charge in [0.05, 0.1) is 12.4 Å². The van der Waals surface area contributed by atoms with E-state index in [1.807, 2.05) is 38.1 Å². The SMILES string of the molecule is CC[C@@H](NC(=O)Cn1c(=O)c2c(ncn2C)n(C)c1=O)c1ccc(C)cc1. The Hall–Kier alpha value is -3.16. The molecular formula is C19H23N5O3. The van der Waals surface area contributed by atoms with Crippen molar-refractivity contribution in [1.82, 2.24) is 24.0 Å². The average molecular weight is 369 g/mol. The number of benzene rings is 1. The van der Waals surface area contributed by atoms with Gasteiger partial charge in [-0.15, -0.1) is 0 Å². The summed E-state index contributed by atoms with van der Waals surface area (Å²) in [5, 5.41) is 2.91. The number of carbonyl (C=O) groups is 1. The first-order chi connectivity index (χ1) is 12.8. The molecule has 0 unspecified atom stereocenters. The first-order valence-corrected chi connectivity index (χ1v) is 8.80. The summed E-state index contributed by atoms with van der Waals surface area (Å²) in [5.41, 5.74) is 1.63. The molecular weight excluding hydrogens is 346 g/mol. The van der Waals surface area contributed by atoms with Gasteiger partial charge in [0.15, 0.2) is 11.2 Å². The molecule has 1 aromatic carbocycles. The van der Waals surface area contributed by atoms with Crippen molar-refractivity contribution in [1.29, 1.82) is 0 Å². The van der Waals surface area contributed by atoms with Crippen molar-refractivity contribution in [3.8, 4) is 0 Å². The van der Waals surface area contributed by atoms with Crippen molar-refractivity contribution in [2.24, 2.45) is 14.1 Å². The maximum Gasteiger partial charge on any atom is 0.332 e. The zero-order chi connectivity index (χ0) is 19.7. The first-order valence-electron chi connectivity index (χ1n) is 8.80. The fourth-order valence-electron chi connectivity index (χ4n) is 3.14. The minimum Gasteiger partial charge on any atom is -0.348 e. The highest BCUT2D eigenvalue weighted by Gasteiger charge is 2.18. The van der Waals surface area contributed by atoms with Crippen LogP contribution in [0.4, 0.5) is 0 Å². The van der Waals surface area contributed by atoms with Gasteiger partial charge in [0.25, 0.3) is 5.56 Å². The Kier molecular flexibility index (Phi) is 4.98. The van der Waals surface area contributed by atoms with Crippen molar-refractivity contribution in [2.75, 3.05) is 0 Å². The highest BCUT2D eigenvalue weighted by atomic mass is 16.2. The average Bonchev–Trinajstić information content (AvgIpc) is 3.04. The summed E-state index contributed by atoms with van der Waals surface area (Å²) in [5.74, 6) is -0.386. The second-order valence-electron chi connectivity index (χ2n) is 6.70. The van der Waals surface area contributed by atoms with E-state index >= 15 is 0 Å². The number of aryl methyl sites for hydroxylation is 3. The molecule has 0 spiro atoms. The maximum atomic E-state index is 12.7. The van der Waals surface area contributed by atoms with Gasteiger partial charge in [-0.2, -0.15) is 0 Å². The minimum absolute atomic E-state index is 0.182. The number of fused-ring (bicyclic) bond motifs is 1. The van der Waals surface area contributed by atoms with E-state index in [1.54, 1.807) is 11.6 Å². The van der Waals surface area contributed by atoms with E-state index in [0.717, 1.165) is 15.7 Å². The lowest BCUT2D eigenvalue weighted by Gasteiger charge is -2.18. The van der Waals surface area contributed by atoms with Crippen LogP contribution in [-0.4, -0.2) is 24.6 Å². The summed E-state index contributed by atoms with van der Waals surface area (Å²) in [7, 11) is 3.21. The van der Waals surface area contributed by atoms with Gasteiger partial charge in [-0.25, -0.2) is 14.3 Å². The predicted octanol–water partition coefficient (Wildman–Crippen LogP) is 1.01. The highest BCUT2D eigenvalue weighted by molar-refractivity contribution is 5.77. The second kappa shape index (κ2) is 7.22. The van der Waals surface area contributed by atoms with E-state index in [4.69, 9.17) is 0 Å². The molecule has 0 saturated carbocycles. The molecule has 27 heavy (non-hydrogen) atoms. The fraction of sp³-hybridized carbons (Fsp3) is 0.368. The zero-order valence-corrected chi connectivity index (χ0v) is 15.9. The zero-order valence-electron chi connectivity index (χ0n) is 15.9. The predicted molar refractivity (Wildman–Crippen MR) is 103 cm³/mol. The molecule has 8 heteroatoms. The number of amides is 1. The fourth-order valence-corrected chi connectivity index (χ4v) is 3.14. The number of hydrogen-bond donors (Lipinski definition) is 1. The number of aromatic nitrogens is 4. The number of rotatable bonds is 5.